The minimum absolute atomic E-state index is 0.118. The lowest BCUT2D eigenvalue weighted by atomic mass is 9.98. The molecule has 1 unspecified atom stereocenters. The summed E-state index contributed by atoms with van der Waals surface area (Å²) >= 11 is 0. The molecular formula is C11H23NO2. The van der Waals surface area contributed by atoms with Crippen LogP contribution in [0.1, 0.15) is 47.0 Å². The Hall–Kier alpha value is -0.570. The second kappa shape index (κ2) is 6.02. The largest absolute Gasteiger partial charge is 0.390 e. The van der Waals surface area contributed by atoms with Crippen LogP contribution < -0.4 is 0 Å². The van der Waals surface area contributed by atoms with Gasteiger partial charge in [0.1, 0.15) is 0 Å². The van der Waals surface area contributed by atoms with Gasteiger partial charge in [0, 0.05) is 20.0 Å². The highest BCUT2D eigenvalue weighted by Gasteiger charge is 2.25. The maximum absolute atomic E-state index is 11.0. The van der Waals surface area contributed by atoms with Crippen molar-refractivity contribution < 1.29 is 9.90 Å². The van der Waals surface area contributed by atoms with E-state index in [1.165, 1.54) is 0 Å². The third-order valence-corrected chi connectivity index (χ3v) is 2.51. The number of rotatable bonds is 0. The van der Waals surface area contributed by atoms with Crippen LogP contribution in [-0.2, 0) is 4.79 Å². The van der Waals surface area contributed by atoms with Gasteiger partial charge in [0.05, 0.1) is 5.60 Å². The molecule has 1 heterocycles. The van der Waals surface area contributed by atoms with Crippen LogP contribution in [0.5, 0.6) is 0 Å². The number of likely N-dealkylation sites (tertiary alicyclic amines) is 1. The molecule has 3 heteroatoms. The van der Waals surface area contributed by atoms with Crippen molar-refractivity contribution in [1.29, 1.82) is 0 Å². The maximum atomic E-state index is 11.0. The van der Waals surface area contributed by atoms with Crippen LogP contribution in [0, 0.1) is 0 Å². The molecule has 0 aliphatic carbocycles. The van der Waals surface area contributed by atoms with Crippen LogP contribution in [0.4, 0.5) is 0 Å². The Balaban J connectivity index is 0.000000791. The topological polar surface area (TPSA) is 40.5 Å². The van der Waals surface area contributed by atoms with Crippen molar-refractivity contribution in [1.82, 2.24) is 4.90 Å². The molecule has 1 amide bonds. The minimum atomic E-state index is -0.565. The van der Waals surface area contributed by atoms with Gasteiger partial charge in [0.2, 0.25) is 5.91 Å². The van der Waals surface area contributed by atoms with Gasteiger partial charge in [0.15, 0.2) is 0 Å². The Morgan fingerprint density at radius 1 is 1.29 bits per heavy atom. The third-order valence-electron chi connectivity index (χ3n) is 2.51. The highest BCUT2D eigenvalue weighted by Crippen LogP contribution is 2.21. The molecule has 0 radical (unpaired) electrons. The summed E-state index contributed by atoms with van der Waals surface area (Å²) in [7, 11) is 0. The smallest absolute Gasteiger partial charge is 0.219 e. The molecule has 1 fully saturated rings. The lowest BCUT2D eigenvalue weighted by Gasteiger charge is -2.21. The first-order valence-corrected chi connectivity index (χ1v) is 5.49. The van der Waals surface area contributed by atoms with Crippen molar-refractivity contribution in [2.24, 2.45) is 0 Å². The zero-order valence-electron chi connectivity index (χ0n) is 9.84. The van der Waals surface area contributed by atoms with E-state index in [1.807, 2.05) is 25.7 Å². The number of carbonyl (C=O) groups is 1. The van der Waals surface area contributed by atoms with E-state index < -0.39 is 5.60 Å². The van der Waals surface area contributed by atoms with Gasteiger partial charge in [-0.3, -0.25) is 4.79 Å². The maximum Gasteiger partial charge on any atom is 0.219 e. The van der Waals surface area contributed by atoms with Crippen molar-refractivity contribution in [3.8, 4) is 0 Å². The quantitative estimate of drug-likeness (QED) is 0.649. The molecule has 0 saturated carbocycles. The van der Waals surface area contributed by atoms with Crippen molar-refractivity contribution in [3.05, 3.63) is 0 Å². The molecule has 1 N–H and O–H groups in total. The lowest BCUT2D eigenvalue weighted by Crippen LogP contribution is -2.31. The Kier molecular flexibility index (Phi) is 5.77. The fourth-order valence-electron chi connectivity index (χ4n) is 1.58. The molecule has 0 aromatic carbocycles. The van der Waals surface area contributed by atoms with Crippen molar-refractivity contribution in [3.63, 3.8) is 0 Å². The molecule has 14 heavy (non-hydrogen) atoms. The van der Waals surface area contributed by atoms with Crippen LogP contribution in [0.15, 0.2) is 0 Å². The number of aliphatic hydroxyl groups is 1. The second-order valence-electron chi connectivity index (χ2n) is 3.86. The zero-order chi connectivity index (χ0) is 11.2. The molecule has 84 valence electrons. The van der Waals surface area contributed by atoms with Gasteiger partial charge in [-0.15, -0.1) is 0 Å². The average molecular weight is 201 g/mol. The fourth-order valence-corrected chi connectivity index (χ4v) is 1.58. The summed E-state index contributed by atoms with van der Waals surface area (Å²) in [5.74, 6) is 0.118. The van der Waals surface area contributed by atoms with E-state index in [2.05, 4.69) is 0 Å². The summed E-state index contributed by atoms with van der Waals surface area (Å²) in [5.41, 5.74) is -0.565. The molecule has 1 aliphatic heterocycles. The first kappa shape index (κ1) is 13.4. The van der Waals surface area contributed by atoms with E-state index in [0.29, 0.717) is 13.0 Å². The van der Waals surface area contributed by atoms with Crippen molar-refractivity contribution >= 4 is 5.91 Å². The first-order valence-electron chi connectivity index (χ1n) is 5.49. The van der Waals surface area contributed by atoms with Gasteiger partial charge in [-0.05, 0) is 26.2 Å². The van der Waals surface area contributed by atoms with Crippen molar-refractivity contribution in [2.45, 2.75) is 52.6 Å². The third kappa shape index (κ3) is 4.61. The van der Waals surface area contributed by atoms with E-state index in [9.17, 15) is 9.90 Å². The molecule has 3 nitrogen and oxygen atoms in total. The molecule has 0 aromatic heterocycles. The van der Waals surface area contributed by atoms with Gasteiger partial charge < -0.3 is 10.0 Å². The molecule has 1 aliphatic rings. The monoisotopic (exact) mass is 201 g/mol. The molecule has 0 spiro atoms. The summed E-state index contributed by atoms with van der Waals surface area (Å²) in [6.07, 6.45) is 2.41. The average Bonchev–Trinajstić information content (AvgIpc) is 2.30. The Morgan fingerprint density at radius 2 is 1.86 bits per heavy atom. The van der Waals surface area contributed by atoms with Crippen LogP contribution in [0.3, 0.4) is 0 Å². The van der Waals surface area contributed by atoms with Gasteiger partial charge in [0.25, 0.3) is 0 Å². The highest BCUT2D eigenvalue weighted by atomic mass is 16.3. The summed E-state index contributed by atoms with van der Waals surface area (Å²) < 4.78 is 0. The standard InChI is InChI=1S/C9H17NO2.C2H6/c1-8(11)10-6-3-4-9(2,12)5-7-10;1-2/h12H,3-7H2,1-2H3;1-2H3. The minimum Gasteiger partial charge on any atom is -0.390 e. The molecule has 0 bridgehead atoms. The van der Waals surface area contributed by atoms with Crippen molar-refractivity contribution in [2.75, 3.05) is 13.1 Å². The Bertz CT molecular complexity index is 178. The van der Waals surface area contributed by atoms with Crippen LogP contribution in [0.2, 0.25) is 0 Å². The van der Waals surface area contributed by atoms with Gasteiger partial charge in [-0.25, -0.2) is 0 Å². The number of amides is 1. The second-order valence-corrected chi connectivity index (χ2v) is 3.86. The predicted molar refractivity (Wildman–Crippen MR) is 58.1 cm³/mol. The molecule has 1 atom stereocenters. The summed E-state index contributed by atoms with van der Waals surface area (Å²) in [5, 5.41) is 9.72. The van der Waals surface area contributed by atoms with Crippen LogP contribution in [-0.4, -0.2) is 34.6 Å². The lowest BCUT2D eigenvalue weighted by molar-refractivity contribution is -0.128. The van der Waals surface area contributed by atoms with Crippen LogP contribution >= 0.6 is 0 Å². The number of carbonyl (C=O) groups excluding carboxylic acids is 1. The molecular weight excluding hydrogens is 178 g/mol. The van der Waals surface area contributed by atoms with E-state index >= 15 is 0 Å². The van der Waals surface area contributed by atoms with Crippen LogP contribution in [0.25, 0.3) is 0 Å². The fraction of sp³-hybridized carbons (Fsp3) is 0.909. The number of nitrogens with zero attached hydrogens (tertiary/aromatic N) is 1. The SMILES string of the molecule is CC.CC(=O)N1CCCC(C)(O)CC1. The summed E-state index contributed by atoms with van der Waals surface area (Å²) in [4.78, 5) is 12.8. The van der Waals surface area contributed by atoms with E-state index in [-0.39, 0.29) is 5.91 Å². The van der Waals surface area contributed by atoms with Gasteiger partial charge in [-0.2, -0.15) is 0 Å². The van der Waals surface area contributed by atoms with E-state index in [0.717, 1.165) is 19.4 Å². The molecule has 1 saturated heterocycles. The summed E-state index contributed by atoms with van der Waals surface area (Å²) in [6.45, 7) is 8.92. The van der Waals surface area contributed by atoms with E-state index in [4.69, 9.17) is 0 Å². The molecule has 0 aromatic rings. The number of hydrogen-bond donors (Lipinski definition) is 1. The molecule has 1 rings (SSSR count). The van der Waals surface area contributed by atoms with Gasteiger partial charge in [-0.1, -0.05) is 13.8 Å². The normalized spacial score (nSPS) is 27.4. The predicted octanol–water partition coefficient (Wildman–Crippen LogP) is 1.80. The summed E-state index contributed by atoms with van der Waals surface area (Å²) in [6, 6.07) is 0. The number of hydrogen-bond acceptors (Lipinski definition) is 2. The zero-order valence-corrected chi connectivity index (χ0v) is 9.84. The Morgan fingerprint density at radius 3 is 2.36 bits per heavy atom. The van der Waals surface area contributed by atoms with Gasteiger partial charge >= 0.3 is 0 Å². The first-order chi connectivity index (χ1) is 6.51. The highest BCUT2D eigenvalue weighted by molar-refractivity contribution is 5.73. The van der Waals surface area contributed by atoms with E-state index in [1.54, 1.807) is 6.92 Å². The Labute approximate surface area is 87.1 Å².